The molecule has 1 aromatic heterocycles. The number of nitrogens with zero attached hydrogens (tertiary/aromatic N) is 2. The van der Waals surface area contributed by atoms with Gasteiger partial charge in [0.25, 0.3) is 0 Å². The molecule has 0 aliphatic carbocycles. The van der Waals surface area contributed by atoms with E-state index >= 15 is 0 Å². The Hall–Kier alpha value is -0.260. The van der Waals surface area contributed by atoms with Crippen LogP contribution < -0.4 is 10.2 Å². The number of thioether (sulfide) groups is 1. The smallest absolute Gasteiger partial charge is 0.142 e. The van der Waals surface area contributed by atoms with Gasteiger partial charge in [-0.05, 0) is 35.3 Å². The predicted molar refractivity (Wildman–Crippen MR) is 76.0 cm³/mol. The van der Waals surface area contributed by atoms with Crippen molar-refractivity contribution in [3.05, 3.63) is 16.2 Å². The number of rotatable bonds is 0. The lowest BCUT2D eigenvalue weighted by molar-refractivity contribution is 0.465. The van der Waals surface area contributed by atoms with Crippen molar-refractivity contribution >= 4 is 33.5 Å². The highest BCUT2D eigenvalue weighted by Crippen LogP contribution is 2.37. The zero-order valence-electron chi connectivity index (χ0n) is 9.87. The summed E-state index contributed by atoms with van der Waals surface area (Å²) in [6, 6.07) is 2.85. The Morgan fingerprint density at radius 3 is 3.35 bits per heavy atom. The molecule has 1 saturated heterocycles. The molecular formula is C12H16BrN3S. The molecule has 0 aromatic carbocycles. The maximum Gasteiger partial charge on any atom is 0.142 e. The van der Waals surface area contributed by atoms with Gasteiger partial charge in [-0.1, -0.05) is 0 Å². The van der Waals surface area contributed by atoms with E-state index in [1.165, 1.54) is 22.9 Å². The minimum Gasteiger partial charge on any atom is -0.350 e. The molecular weight excluding hydrogens is 298 g/mol. The fraction of sp³-hybridized carbons (Fsp3) is 0.583. The zero-order chi connectivity index (χ0) is 11.8. The van der Waals surface area contributed by atoms with E-state index in [1.807, 2.05) is 11.8 Å². The first-order valence-corrected chi connectivity index (χ1v) is 7.81. The van der Waals surface area contributed by atoms with Crippen molar-refractivity contribution in [2.24, 2.45) is 0 Å². The van der Waals surface area contributed by atoms with E-state index in [0.717, 1.165) is 29.8 Å². The zero-order valence-corrected chi connectivity index (χ0v) is 12.3. The number of hydrogen-bond donors (Lipinski definition) is 1. The van der Waals surface area contributed by atoms with Crippen LogP contribution in [0.15, 0.2) is 15.4 Å². The molecule has 0 unspecified atom stereocenters. The van der Waals surface area contributed by atoms with Gasteiger partial charge in [-0.15, -0.1) is 11.8 Å². The number of aryl methyl sites for hydroxylation is 1. The van der Waals surface area contributed by atoms with E-state index < -0.39 is 0 Å². The van der Waals surface area contributed by atoms with Crippen LogP contribution >= 0.6 is 27.7 Å². The van der Waals surface area contributed by atoms with Crippen LogP contribution in [0.2, 0.25) is 0 Å². The molecule has 0 radical (unpaired) electrons. The number of piperazine rings is 1. The second kappa shape index (κ2) is 4.78. The Balaban J connectivity index is 2.05. The molecule has 3 nitrogen and oxygen atoms in total. The first-order chi connectivity index (χ1) is 8.25. The molecule has 1 aromatic rings. The van der Waals surface area contributed by atoms with Crippen molar-refractivity contribution in [3.8, 4) is 0 Å². The fourth-order valence-corrected chi connectivity index (χ4v) is 4.04. The average Bonchev–Trinajstić information content (AvgIpc) is 2.50. The molecule has 17 heavy (non-hydrogen) atoms. The van der Waals surface area contributed by atoms with Gasteiger partial charge in [-0.25, -0.2) is 4.98 Å². The maximum atomic E-state index is 4.79. The van der Waals surface area contributed by atoms with E-state index in [1.54, 1.807) is 0 Å². The highest BCUT2D eigenvalue weighted by Gasteiger charge is 2.28. The van der Waals surface area contributed by atoms with E-state index in [-0.39, 0.29) is 0 Å². The molecule has 0 saturated carbocycles. The summed E-state index contributed by atoms with van der Waals surface area (Å²) in [7, 11) is 0. The molecule has 1 N–H and O–H groups in total. The number of hydrogen-bond acceptors (Lipinski definition) is 4. The van der Waals surface area contributed by atoms with Gasteiger partial charge in [0.2, 0.25) is 0 Å². The normalized spacial score (nSPS) is 23.9. The van der Waals surface area contributed by atoms with Crippen molar-refractivity contribution in [3.63, 3.8) is 0 Å². The van der Waals surface area contributed by atoms with Gasteiger partial charge >= 0.3 is 0 Å². The summed E-state index contributed by atoms with van der Waals surface area (Å²) in [5.74, 6) is 2.38. The largest absolute Gasteiger partial charge is 0.350 e. The van der Waals surface area contributed by atoms with Crippen LogP contribution in [0.5, 0.6) is 0 Å². The highest BCUT2D eigenvalue weighted by atomic mass is 79.9. The second-order valence-electron chi connectivity index (χ2n) is 4.57. The first-order valence-electron chi connectivity index (χ1n) is 6.03. The number of fused-ring (bicyclic) bond motifs is 3. The quantitative estimate of drug-likeness (QED) is 0.796. The monoisotopic (exact) mass is 313 g/mol. The Kier molecular flexibility index (Phi) is 3.32. The van der Waals surface area contributed by atoms with Gasteiger partial charge < -0.3 is 10.2 Å². The lowest BCUT2D eigenvalue weighted by Gasteiger charge is -2.36. The van der Waals surface area contributed by atoms with Crippen molar-refractivity contribution in [2.45, 2.75) is 24.3 Å². The fourth-order valence-electron chi connectivity index (χ4n) is 2.47. The van der Waals surface area contributed by atoms with Crippen LogP contribution in [0.1, 0.15) is 12.1 Å². The maximum absolute atomic E-state index is 4.79. The molecule has 0 bridgehead atoms. The third-order valence-corrected chi connectivity index (χ3v) is 5.28. The number of pyridine rings is 1. The molecule has 3 heterocycles. The molecule has 2 aliphatic heterocycles. The van der Waals surface area contributed by atoms with Crippen molar-refractivity contribution in [1.29, 1.82) is 0 Å². The third kappa shape index (κ3) is 2.20. The minimum atomic E-state index is 0.616. The Labute approximate surface area is 114 Å². The van der Waals surface area contributed by atoms with Gasteiger partial charge in [0.05, 0.1) is 10.6 Å². The number of aromatic nitrogens is 1. The van der Waals surface area contributed by atoms with Crippen LogP contribution in [-0.2, 0) is 0 Å². The molecule has 3 rings (SSSR count). The highest BCUT2D eigenvalue weighted by molar-refractivity contribution is 9.10. The molecule has 92 valence electrons. The van der Waals surface area contributed by atoms with Crippen LogP contribution in [0.3, 0.4) is 0 Å². The summed E-state index contributed by atoms with van der Waals surface area (Å²) < 4.78 is 1.12. The number of anilines is 1. The van der Waals surface area contributed by atoms with Crippen molar-refractivity contribution in [1.82, 2.24) is 10.3 Å². The molecule has 0 amide bonds. The summed E-state index contributed by atoms with van der Waals surface area (Å²) in [4.78, 5) is 8.61. The van der Waals surface area contributed by atoms with Gasteiger partial charge in [-0.2, -0.15) is 0 Å². The predicted octanol–water partition coefficient (Wildman–Crippen LogP) is 2.43. The molecule has 5 heteroatoms. The topological polar surface area (TPSA) is 28.2 Å². The van der Waals surface area contributed by atoms with Crippen LogP contribution in [0, 0.1) is 6.92 Å². The van der Waals surface area contributed by atoms with Crippen molar-refractivity contribution in [2.75, 3.05) is 30.3 Å². The van der Waals surface area contributed by atoms with Crippen LogP contribution in [-0.4, -0.2) is 36.4 Å². The van der Waals surface area contributed by atoms with E-state index in [0.29, 0.717) is 6.04 Å². The Bertz CT molecular complexity index is 438. The summed E-state index contributed by atoms with van der Waals surface area (Å²) in [5, 5.41) is 3.48. The minimum absolute atomic E-state index is 0.616. The third-order valence-electron chi connectivity index (χ3n) is 3.43. The Morgan fingerprint density at radius 1 is 1.59 bits per heavy atom. The molecule has 0 spiro atoms. The lowest BCUT2D eigenvalue weighted by Crippen LogP contribution is -2.51. The van der Waals surface area contributed by atoms with Gasteiger partial charge in [0.15, 0.2) is 0 Å². The van der Waals surface area contributed by atoms with Gasteiger partial charge in [0.1, 0.15) is 5.82 Å². The molecule has 2 aliphatic rings. The lowest BCUT2D eigenvalue weighted by atomic mass is 10.1. The summed E-state index contributed by atoms with van der Waals surface area (Å²) in [6.07, 6.45) is 1.24. The van der Waals surface area contributed by atoms with Gasteiger partial charge in [-0.3, -0.25) is 0 Å². The number of halogens is 1. The average molecular weight is 314 g/mol. The van der Waals surface area contributed by atoms with E-state index in [9.17, 15) is 0 Å². The summed E-state index contributed by atoms with van der Waals surface area (Å²) in [6.45, 7) is 5.30. The van der Waals surface area contributed by atoms with Crippen molar-refractivity contribution < 1.29 is 0 Å². The second-order valence-corrected chi connectivity index (χ2v) is 6.56. The van der Waals surface area contributed by atoms with E-state index in [4.69, 9.17) is 4.98 Å². The Morgan fingerprint density at radius 2 is 2.47 bits per heavy atom. The van der Waals surface area contributed by atoms with Crippen LogP contribution in [0.25, 0.3) is 0 Å². The summed E-state index contributed by atoms with van der Waals surface area (Å²) >= 11 is 5.52. The number of nitrogens with one attached hydrogen (secondary N) is 1. The van der Waals surface area contributed by atoms with Crippen LogP contribution in [0.4, 0.5) is 5.82 Å². The summed E-state index contributed by atoms with van der Waals surface area (Å²) in [5.41, 5.74) is 1.09. The molecule has 1 fully saturated rings. The van der Waals surface area contributed by atoms with Gasteiger partial charge in [0, 0.05) is 35.9 Å². The molecule has 1 atom stereocenters. The standard InChI is InChI=1S/C12H16BrN3S/c1-8-10(13)6-11-12(15-8)16-4-3-14-7-9(16)2-5-17-11/h6,9,14H,2-5,7H2,1H3/t9-/m0/s1. The first kappa shape index (κ1) is 11.8. The SMILES string of the molecule is Cc1nc2c(cc1Br)SCC[C@H]1CNCCN21. The van der Waals surface area contributed by atoms with E-state index in [2.05, 4.69) is 39.1 Å².